The summed E-state index contributed by atoms with van der Waals surface area (Å²) in [5.41, 5.74) is -0.225. The molecule has 3 aliphatic rings. The zero-order valence-electron chi connectivity index (χ0n) is 10.6. The van der Waals surface area contributed by atoms with Gasteiger partial charge in [0.25, 0.3) is 0 Å². The maximum absolute atomic E-state index is 12.6. The molecular weight excluding hydrogens is 216 g/mol. The monoisotopic (exact) mass is 238 g/mol. The van der Waals surface area contributed by atoms with Gasteiger partial charge in [-0.25, -0.2) is 0 Å². The molecule has 1 aliphatic carbocycles. The Morgan fingerprint density at radius 1 is 1.35 bits per heavy atom. The fourth-order valence-corrected chi connectivity index (χ4v) is 3.72. The van der Waals surface area contributed by atoms with E-state index in [1.807, 2.05) is 0 Å². The zero-order chi connectivity index (χ0) is 11.9. The number of hydrogen-bond acceptors (Lipinski definition) is 3. The number of amides is 1. The highest BCUT2D eigenvalue weighted by molar-refractivity contribution is 5.89. The third-order valence-electron chi connectivity index (χ3n) is 4.53. The number of ether oxygens (including phenoxy) is 1. The smallest absolute Gasteiger partial charge is 0.244 e. The molecule has 1 N–H and O–H groups in total. The zero-order valence-corrected chi connectivity index (χ0v) is 10.6. The first-order chi connectivity index (χ1) is 8.23. The first-order valence-electron chi connectivity index (χ1n) is 6.91. The Bertz CT molecular complexity index is 307. The number of carbonyl (C=O) groups excluding carboxylic acids is 1. The van der Waals surface area contributed by atoms with Gasteiger partial charge in [0.15, 0.2) is 0 Å². The van der Waals surface area contributed by atoms with Crippen molar-refractivity contribution in [2.45, 2.75) is 63.2 Å². The summed E-state index contributed by atoms with van der Waals surface area (Å²) in [4.78, 5) is 14.7. The highest BCUT2D eigenvalue weighted by atomic mass is 16.5. The normalized spacial score (nSPS) is 37.0. The summed E-state index contributed by atoms with van der Waals surface area (Å²) >= 11 is 0. The molecule has 3 rings (SSSR count). The highest BCUT2D eigenvalue weighted by Crippen LogP contribution is 2.37. The van der Waals surface area contributed by atoms with E-state index in [0.29, 0.717) is 18.6 Å². The molecule has 1 amide bonds. The van der Waals surface area contributed by atoms with Gasteiger partial charge in [0.05, 0.1) is 24.4 Å². The lowest BCUT2D eigenvalue weighted by atomic mass is 9.97. The lowest BCUT2D eigenvalue weighted by molar-refractivity contribution is -0.137. The minimum absolute atomic E-state index is 0.173. The first kappa shape index (κ1) is 11.5. The lowest BCUT2D eigenvalue weighted by Crippen LogP contribution is -2.48. The van der Waals surface area contributed by atoms with Gasteiger partial charge in [0, 0.05) is 6.61 Å². The van der Waals surface area contributed by atoms with Crippen LogP contribution >= 0.6 is 0 Å². The Balaban J connectivity index is 1.78. The lowest BCUT2D eigenvalue weighted by Gasteiger charge is -2.33. The summed E-state index contributed by atoms with van der Waals surface area (Å²) in [7, 11) is 0. The van der Waals surface area contributed by atoms with Crippen molar-refractivity contribution < 1.29 is 9.53 Å². The van der Waals surface area contributed by atoms with Crippen molar-refractivity contribution >= 4 is 5.91 Å². The van der Waals surface area contributed by atoms with Crippen LogP contribution in [0.25, 0.3) is 0 Å². The number of carbonyl (C=O) groups is 1. The van der Waals surface area contributed by atoms with Crippen molar-refractivity contribution in [3.8, 4) is 0 Å². The molecule has 0 aromatic carbocycles. The summed E-state index contributed by atoms with van der Waals surface area (Å²) < 4.78 is 5.52. The number of rotatable bonds is 1. The quantitative estimate of drug-likeness (QED) is 0.747. The Hall–Kier alpha value is -0.610. The molecule has 0 aromatic heterocycles. The van der Waals surface area contributed by atoms with Crippen LogP contribution in [0.1, 0.15) is 45.4 Å². The summed E-state index contributed by atoms with van der Waals surface area (Å²) in [5.74, 6) is 0.331. The van der Waals surface area contributed by atoms with Crippen molar-refractivity contribution in [1.82, 2.24) is 10.2 Å². The average molecular weight is 238 g/mol. The maximum atomic E-state index is 12.6. The van der Waals surface area contributed by atoms with E-state index in [4.69, 9.17) is 4.74 Å². The number of nitrogens with one attached hydrogen (secondary N) is 1. The molecule has 17 heavy (non-hydrogen) atoms. The molecular formula is C13H22N2O2. The van der Waals surface area contributed by atoms with Crippen molar-refractivity contribution in [3.05, 3.63) is 0 Å². The molecule has 4 nitrogen and oxygen atoms in total. The molecule has 2 unspecified atom stereocenters. The summed E-state index contributed by atoms with van der Waals surface area (Å²) in [6, 6.07) is 0.290. The Kier molecular flexibility index (Phi) is 2.87. The molecule has 2 saturated heterocycles. The van der Waals surface area contributed by atoms with Crippen LogP contribution in [-0.4, -0.2) is 41.8 Å². The van der Waals surface area contributed by atoms with E-state index in [2.05, 4.69) is 17.1 Å². The van der Waals surface area contributed by atoms with E-state index >= 15 is 0 Å². The molecule has 0 aromatic rings. The maximum Gasteiger partial charge on any atom is 0.244 e. The van der Waals surface area contributed by atoms with E-state index in [-0.39, 0.29) is 11.7 Å². The Labute approximate surface area is 103 Å². The van der Waals surface area contributed by atoms with Gasteiger partial charge < -0.3 is 9.64 Å². The number of hydrogen-bond donors (Lipinski definition) is 1. The van der Waals surface area contributed by atoms with Gasteiger partial charge in [0.1, 0.15) is 0 Å². The van der Waals surface area contributed by atoms with Crippen LogP contribution in [0.4, 0.5) is 0 Å². The molecule has 2 heterocycles. The van der Waals surface area contributed by atoms with Crippen molar-refractivity contribution in [2.24, 2.45) is 0 Å². The second kappa shape index (κ2) is 4.25. The van der Waals surface area contributed by atoms with Gasteiger partial charge in [-0.1, -0.05) is 12.8 Å². The van der Waals surface area contributed by atoms with Gasteiger partial charge in [-0.3, -0.25) is 10.1 Å². The number of nitrogens with zero attached hydrogens (tertiary/aromatic N) is 1. The van der Waals surface area contributed by atoms with Crippen LogP contribution in [0.2, 0.25) is 0 Å². The van der Waals surface area contributed by atoms with Gasteiger partial charge in [-0.05, 0) is 32.6 Å². The SMILES string of the molecule is CC1NC2(CCCC2)C(=O)N1C1CCCOC1. The van der Waals surface area contributed by atoms with Crippen LogP contribution in [0.15, 0.2) is 0 Å². The highest BCUT2D eigenvalue weighted by Gasteiger charge is 2.52. The van der Waals surface area contributed by atoms with Gasteiger partial charge in [-0.2, -0.15) is 0 Å². The second-order valence-corrected chi connectivity index (χ2v) is 5.69. The van der Waals surface area contributed by atoms with Crippen LogP contribution in [0.3, 0.4) is 0 Å². The summed E-state index contributed by atoms with van der Waals surface area (Å²) in [5, 5.41) is 3.55. The van der Waals surface area contributed by atoms with E-state index in [0.717, 1.165) is 32.3 Å². The van der Waals surface area contributed by atoms with Gasteiger partial charge >= 0.3 is 0 Å². The molecule has 1 saturated carbocycles. The standard InChI is InChI=1S/C13H22N2O2/c1-10-14-13(6-2-3-7-13)12(16)15(10)11-5-4-8-17-9-11/h10-11,14H,2-9H2,1H3. The molecule has 2 aliphatic heterocycles. The van der Waals surface area contributed by atoms with Crippen molar-refractivity contribution in [2.75, 3.05) is 13.2 Å². The van der Waals surface area contributed by atoms with Crippen molar-refractivity contribution in [3.63, 3.8) is 0 Å². The average Bonchev–Trinajstić information content (AvgIpc) is 2.88. The fourth-order valence-electron chi connectivity index (χ4n) is 3.72. The minimum Gasteiger partial charge on any atom is -0.379 e. The van der Waals surface area contributed by atoms with E-state index < -0.39 is 0 Å². The first-order valence-corrected chi connectivity index (χ1v) is 6.91. The largest absolute Gasteiger partial charge is 0.379 e. The summed E-state index contributed by atoms with van der Waals surface area (Å²) in [6.07, 6.45) is 6.73. The minimum atomic E-state index is -0.225. The molecule has 0 bridgehead atoms. The molecule has 96 valence electrons. The molecule has 1 spiro atoms. The van der Waals surface area contributed by atoms with Gasteiger partial charge in [0.2, 0.25) is 5.91 Å². The third kappa shape index (κ3) is 1.78. The molecule has 4 heteroatoms. The van der Waals surface area contributed by atoms with E-state index in [1.54, 1.807) is 0 Å². The molecule has 3 fully saturated rings. The van der Waals surface area contributed by atoms with E-state index in [1.165, 1.54) is 12.8 Å². The molecule has 2 atom stereocenters. The Morgan fingerprint density at radius 3 is 2.76 bits per heavy atom. The van der Waals surface area contributed by atoms with Gasteiger partial charge in [-0.15, -0.1) is 0 Å². The predicted molar refractivity (Wildman–Crippen MR) is 64.5 cm³/mol. The Morgan fingerprint density at radius 2 is 2.12 bits per heavy atom. The second-order valence-electron chi connectivity index (χ2n) is 5.69. The third-order valence-corrected chi connectivity index (χ3v) is 4.53. The van der Waals surface area contributed by atoms with Crippen LogP contribution in [0, 0.1) is 0 Å². The van der Waals surface area contributed by atoms with E-state index in [9.17, 15) is 4.79 Å². The fraction of sp³-hybridized carbons (Fsp3) is 0.923. The molecule has 0 radical (unpaired) electrons. The summed E-state index contributed by atoms with van der Waals surface area (Å²) in [6.45, 7) is 3.68. The predicted octanol–water partition coefficient (Wildman–Crippen LogP) is 1.26. The van der Waals surface area contributed by atoms with Crippen LogP contribution < -0.4 is 5.32 Å². The topological polar surface area (TPSA) is 41.6 Å². The van der Waals surface area contributed by atoms with Crippen LogP contribution in [-0.2, 0) is 9.53 Å². The van der Waals surface area contributed by atoms with Crippen LogP contribution in [0.5, 0.6) is 0 Å². The van der Waals surface area contributed by atoms with Crippen molar-refractivity contribution in [1.29, 1.82) is 0 Å².